The zero-order chi connectivity index (χ0) is 18.0. The minimum Gasteiger partial charge on any atom is -0.497 e. The van der Waals surface area contributed by atoms with Crippen LogP contribution in [0.5, 0.6) is 5.75 Å². The summed E-state index contributed by atoms with van der Waals surface area (Å²) in [4.78, 5) is 0. The quantitative estimate of drug-likeness (QED) is 0.474. The third kappa shape index (κ3) is 5.85. The first-order valence-corrected chi connectivity index (χ1v) is 9.50. The number of oxime groups is 1. The number of ether oxygens (including phenoxy) is 1. The largest absolute Gasteiger partial charge is 0.497 e. The van der Waals surface area contributed by atoms with Crippen molar-refractivity contribution in [3.05, 3.63) is 29.8 Å². The molecule has 6 nitrogen and oxygen atoms in total. The lowest BCUT2D eigenvalue weighted by Gasteiger charge is -2.14. The van der Waals surface area contributed by atoms with Crippen molar-refractivity contribution >= 4 is 15.8 Å². The molecule has 0 radical (unpaired) electrons. The van der Waals surface area contributed by atoms with Crippen molar-refractivity contribution in [3.63, 3.8) is 0 Å². The van der Waals surface area contributed by atoms with E-state index in [1.54, 1.807) is 24.3 Å². The zero-order valence-corrected chi connectivity index (χ0v) is 15.2. The van der Waals surface area contributed by atoms with E-state index in [0.29, 0.717) is 24.2 Å². The molecule has 24 heavy (non-hydrogen) atoms. The Bertz CT molecular complexity index is 676. The Morgan fingerprint density at radius 1 is 1.21 bits per heavy atom. The summed E-state index contributed by atoms with van der Waals surface area (Å²) in [6.45, 7) is 3.93. The molecule has 132 valence electrons. The maximum absolute atomic E-state index is 12.3. The molecule has 0 N–H and O–H groups in total. The van der Waals surface area contributed by atoms with Gasteiger partial charge in [-0.2, -0.15) is 13.7 Å². The number of hydrogen-bond acceptors (Lipinski definition) is 6. The van der Waals surface area contributed by atoms with Gasteiger partial charge in [-0.25, -0.2) is 0 Å². The highest BCUT2D eigenvalue weighted by molar-refractivity contribution is 7.87. The second-order valence-corrected chi connectivity index (χ2v) is 7.20. The fraction of sp³-hybridized carbons (Fsp3) is 0.529. The van der Waals surface area contributed by atoms with E-state index < -0.39 is 15.4 Å². The van der Waals surface area contributed by atoms with Gasteiger partial charge in [-0.05, 0) is 37.1 Å². The predicted molar refractivity (Wildman–Crippen MR) is 93.4 cm³/mol. The maximum atomic E-state index is 12.3. The fourth-order valence-electron chi connectivity index (χ4n) is 2.22. The van der Waals surface area contributed by atoms with Crippen LogP contribution in [0.15, 0.2) is 29.4 Å². The van der Waals surface area contributed by atoms with Crippen LogP contribution in [0.2, 0.25) is 0 Å². The lowest BCUT2D eigenvalue weighted by atomic mass is 10.1. The molecule has 1 aromatic rings. The van der Waals surface area contributed by atoms with Crippen LogP contribution in [0.25, 0.3) is 0 Å². The van der Waals surface area contributed by atoms with Gasteiger partial charge in [-0.3, -0.25) is 4.28 Å². The molecule has 0 aliphatic carbocycles. The summed E-state index contributed by atoms with van der Waals surface area (Å²) in [6.07, 6.45) is 3.51. The molecule has 1 rings (SSSR count). The first-order valence-electron chi connectivity index (χ1n) is 8.03. The van der Waals surface area contributed by atoms with Crippen LogP contribution in [0.1, 0.15) is 51.5 Å². The molecule has 1 unspecified atom stereocenters. The van der Waals surface area contributed by atoms with Gasteiger partial charge in [0.05, 0.1) is 12.4 Å². The lowest BCUT2D eigenvalue weighted by Crippen LogP contribution is -2.22. The van der Waals surface area contributed by atoms with Crippen molar-refractivity contribution in [3.8, 4) is 11.8 Å². The van der Waals surface area contributed by atoms with Gasteiger partial charge < -0.3 is 4.74 Å². The Kier molecular flexibility index (Phi) is 8.27. The summed E-state index contributed by atoms with van der Waals surface area (Å²) in [5.41, 5.74) is 0.376. The lowest BCUT2D eigenvalue weighted by molar-refractivity contribution is 0.327. The minimum atomic E-state index is -3.85. The topological polar surface area (TPSA) is 88.8 Å². The monoisotopic (exact) mass is 352 g/mol. The Morgan fingerprint density at radius 3 is 2.38 bits per heavy atom. The smallest absolute Gasteiger partial charge is 0.331 e. The average molecular weight is 352 g/mol. The third-order valence-electron chi connectivity index (χ3n) is 3.60. The van der Waals surface area contributed by atoms with Gasteiger partial charge in [0, 0.05) is 5.56 Å². The molecule has 0 aromatic heterocycles. The van der Waals surface area contributed by atoms with Crippen LogP contribution in [0.3, 0.4) is 0 Å². The highest BCUT2D eigenvalue weighted by Gasteiger charge is 2.26. The summed E-state index contributed by atoms with van der Waals surface area (Å²) in [6, 6.07) is 8.44. The van der Waals surface area contributed by atoms with E-state index in [-0.39, 0.29) is 5.71 Å². The van der Waals surface area contributed by atoms with Gasteiger partial charge in [-0.15, -0.1) is 0 Å². The van der Waals surface area contributed by atoms with E-state index in [1.807, 2.05) is 19.9 Å². The molecule has 7 heteroatoms. The molecular formula is C17H24N2O4S. The molecule has 0 aliphatic heterocycles. The molecule has 0 amide bonds. The zero-order valence-electron chi connectivity index (χ0n) is 14.4. The Balaban J connectivity index is 2.93. The normalized spacial score (nSPS) is 13.2. The van der Waals surface area contributed by atoms with E-state index in [9.17, 15) is 13.7 Å². The number of unbranched alkanes of at least 4 members (excludes halogenated alkanes) is 1. The molecule has 0 heterocycles. The fourth-order valence-corrected chi connectivity index (χ4v) is 3.50. The van der Waals surface area contributed by atoms with Crippen molar-refractivity contribution in [1.29, 1.82) is 5.26 Å². The predicted octanol–water partition coefficient (Wildman–Crippen LogP) is 3.63. The Morgan fingerprint density at radius 2 is 1.88 bits per heavy atom. The van der Waals surface area contributed by atoms with Crippen LogP contribution in [-0.2, 0) is 14.4 Å². The van der Waals surface area contributed by atoms with Crippen molar-refractivity contribution < 1.29 is 17.4 Å². The van der Waals surface area contributed by atoms with Crippen LogP contribution in [0.4, 0.5) is 0 Å². The number of hydrogen-bond donors (Lipinski definition) is 0. The van der Waals surface area contributed by atoms with E-state index in [2.05, 4.69) is 5.16 Å². The van der Waals surface area contributed by atoms with Crippen LogP contribution in [-0.4, -0.2) is 26.5 Å². The van der Waals surface area contributed by atoms with Gasteiger partial charge >= 0.3 is 10.1 Å². The highest BCUT2D eigenvalue weighted by atomic mass is 32.2. The van der Waals surface area contributed by atoms with E-state index in [4.69, 9.17) is 9.02 Å². The highest BCUT2D eigenvalue weighted by Crippen LogP contribution is 2.19. The molecule has 0 fully saturated rings. The molecular weight excluding hydrogens is 328 g/mol. The molecule has 0 spiro atoms. The van der Waals surface area contributed by atoms with Gasteiger partial charge in [-0.1, -0.05) is 38.3 Å². The van der Waals surface area contributed by atoms with Crippen molar-refractivity contribution in [2.45, 2.75) is 51.2 Å². The van der Waals surface area contributed by atoms with E-state index >= 15 is 0 Å². The number of methoxy groups -OCH3 is 1. The second kappa shape index (κ2) is 9.93. The summed E-state index contributed by atoms with van der Waals surface area (Å²) in [7, 11) is -2.31. The second-order valence-electron chi connectivity index (χ2n) is 5.40. The summed E-state index contributed by atoms with van der Waals surface area (Å²) < 4.78 is 34.5. The van der Waals surface area contributed by atoms with Crippen LogP contribution in [0, 0.1) is 11.3 Å². The van der Waals surface area contributed by atoms with E-state index in [0.717, 1.165) is 19.3 Å². The average Bonchev–Trinajstić information content (AvgIpc) is 2.59. The Hall–Kier alpha value is -2.07. The molecule has 1 atom stereocenters. The number of benzene rings is 1. The van der Waals surface area contributed by atoms with E-state index in [1.165, 1.54) is 7.11 Å². The Labute approximate surface area is 144 Å². The molecule has 0 bridgehead atoms. The number of rotatable bonds is 10. The van der Waals surface area contributed by atoms with Crippen molar-refractivity contribution in [2.24, 2.45) is 5.16 Å². The van der Waals surface area contributed by atoms with Crippen molar-refractivity contribution in [2.75, 3.05) is 7.11 Å². The maximum Gasteiger partial charge on any atom is 0.331 e. The molecule has 0 saturated heterocycles. The minimum absolute atomic E-state index is 0.0908. The molecule has 1 aromatic carbocycles. The summed E-state index contributed by atoms with van der Waals surface area (Å²) >= 11 is 0. The first-order chi connectivity index (χ1) is 11.5. The SMILES string of the molecule is CCCCC(CCC)S(=O)(=O)ON=C(C#N)c1ccc(OC)cc1. The summed E-state index contributed by atoms with van der Waals surface area (Å²) in [5.74, 6) is 0.632. The third-order valence-corrected chi connectivity index (χ3v) is 5.17. The number of nitriles is 1. The summed E-state index contributed by atoms with van der Waals surface area (Å²) in [5, 5.41) is 12.2. The van der Waals surface area contributed by atoms with Gasteiger partial charge in [0.2, 0.25) is 0 Å². The standard InChI is InChI=1S/C17H24N2O4S/c1-4-6-8-16(7-5-2)24(20,21)23-19-17(13-18)14-9-11-15(22-3)12-10-14/h9-12,16H,4-8H2,1-3H3. The van der Waals surface area contributed by atoms with Crippen molar-refractivity contribution in [1.82, 2.24) is 0 Å². The first kappa shape index (κ1) is 20.0. The van der Waals surface area contributed by atoms with Gasteiger partial charge in [0.1, 0.15) is 11.8 Å². The van der Waals surface area contributed by atoms with Crippen LogP contribution < -0.4 is 4.74 Å². The van der Waals surface area contributed by atoms with Gasteiger partial charge in [0.25, 0.3) is 0 Å². The van der Waals surface area contributed by atoms with Gasteiger partial charge in [0.15, 0.2) is 5.71 Å². The molecule has 0 saturated carbocycles. The molecule has 0 aliphatic rings. The van der Waals surface area contributed by atoms with Crippen LogP contribution >= 0.6 is 0 Å². The number of nitrogens with zero attached hydrogens (tertiary/aromatic N) is 2.